The summed E-state index contributed by atoms with van der Waals surface area (Å²) in [5, 5.41) is 0. The lowest BCUT2D eigenvalue weighted by Gasteiger charge is -2.16. The quantitative estimate of drug-likeness (QED) is 0.457. The molecule has 2 N–H and O–H groups in total. The molecule has 0 spiro atoms. The highest BCUT2D eigenvalue weighted by atomic mass is 35.5. The minimum atomic E-state index is 0. The van der Waals surface area contributed by atoms with E-state index in [9.17, 15) is 4.79 Å². The standard InChI is InChI=1S/C5H8ClNO.H2O/c6-7-3-1-5(8)2-4-7;/h1-4H2;1H2. The molecule has 54 valence electrons. The Kier molecular flexibility index (Phi) is 3.77. The monoisotopic (exact) mass is 151 g/mol. The van der Waals surface area contributed by atoms with Crippen LogP contribution < -0.4 is 0 Å². The fourth-order valence-corrected chi connectivity index (χ4v) is 0.898. The largest absolute Gasteiger partial charge is 0.412 e. The molecule has 0 saturated carbocycles. The number of nitrogens with zero attached hydrogens (tertiary/aromatic N) is 1. The van der Waals surface area contributed by atoms with Gasteiger partial charge in [0.05, 0.1) is 0 Å². The van der Waals surface area contributed by atoms with Crippen LogP contribution in [0.1, 0.15) is 12.8 Å². The van der Waals surface area contributed by atoms with E-state index in [-0.39, 0.29) is 5.48 Å². The number of carbonyl (C=O) groups is 1. The smallest absolute Gasteiger partial charge is 0.135 e. The van der Waals surface area contributed by atoms with Crippen LogP contribution in [0.3, 0.4) is 0 Å². The van der Waals surface area contributed by atoms with Gasteiger partial charge in [-0.05, 0) is 11.8 Å². The molecule has 1 fully saturated rings. The lowest BCUT2D eigenvalue weighted by Crippen LogP contribution is -2.25. The van der Waals surface area contributed by atoms with Crippen LogP contribution in [-0.4, -0.2) is 28.8 Å². The van der Waals surface area contributed by atoms with Crippen molar-refractivity contribution in [2.24, 2.45) is 0 Å². The molecular weight excluding hydrogens is 142 g/mol. The number of hydrogen-bond donors (Lipinski definition) is 0. The highest BCUT2D eigenvalue weighted by Gasteiger charge is 2.12. The number of Topliss-reactive ketones (excluding diaryl/α,β-unsaturated/α-hetero) is 1. The number of halogens is 1. The molecule has 9 heavy (non-hydrogen) atoms. The summed E-state index contributed by atoms with van der Waals surface area (Å²) < 4.78 is 1.65. The first-order valence-corrected chi connectivity index (χ1v) is 3.05. The first-order chi connectivity index (χ1) is 3.79. The molecule has 0 aromatic rings. The minimum absolute atomic E-state index is 0. The van der Waals surface area contributed by atoms with Gasteiger partial charge in [0.1, 0.15) is 5.78 Å². The number of piperidine rings is 1. The molecular formula is C5H10ClNO2. The summed E-state index contributed by atoms with van der Waals surface area (Å²) in [6.07, 6.45) is 1.26. The molecule has 0 aliphatic carbocycles. The van der Waals surface area contributed by atoms with Gasteiger partial charge < -0.3 is 5.48 Å². The maximum absolute atomic E-state index is 10.5. The van der Waals surface area contributed by atoms with E-state index >= 15 is 0 Å². The van der Waals surface area contributed by atoms with Crippen LogP contribution >= 0.6 is 11.8 Å². The van der Waals surface area contributed by atoms with Gasteiger partial charge >= 0.3 is 0 Å². The third-order valence-electron chi connectivity index (χ3n) is 1.27. The summed E-state index contributed by atoms with van der Waals surface area (Å²) in [5.74, 6) is 0.335. The maximum Gasteiger partial charge on any atom is 0.135 e. The van der Waals surface area contributed by atoms with Crippen molar-refractivity contribution in [3.63, 3.8) is 0 Å². The van der Waals surface area contributed by atoms with Crippen LogP contribution in [0.4, 0.5) is 0 Å². The molecule has 0 amide bonds. The summed E-state index contributed by atoms with van der Waals surface area (Å²) in [7, 11) is 0. The zero-order chi connectivity index (χ0) is 5.98. The fraction of sp³-hybridized carbons (Fsp3) is 0.800. The molecule has 0 aromatic heterocycles. The van der Waals surface area contributed by atoms with Gasteiger partial charge in [0.2, 0.25) is 0 Å². The number of hydrogen-bond acceptors (Lipinski definition) is 2. The number of carbonyl (C=O) groups excluding carboxylic acids is 1. The average Bonchev–Trinajstić information content (AvgIpc) is 1.77. The van der Waals surface area contributed by atoms with Crippen LogP contribution in [0.15, 0.2) is 0 Å². The van der Waals surface area contributed by atoms with E-state index in [0.717, 1.165) is 13.1 Å². The van der Waals surface area contributed by atoms with Gasteiger partial charge in [0.15, 0.2) is 0 Å². The van der Waals surface area contributed by atoms with Crippen molar-refractivity contribution in [3.05, 3.63) is 0 Å². The van der Waals surface area contributed by atoms with Crippen LogP contribution in [-0.2, 0) is 4.79 Å². The van der Waals surface area contributed by atoms with Gasteiger partial charge in [-0.15, -0.1) is 0 Å². The highest BCUT2D eigenvalue weighted by Crippen LogP contribution is 2.06. The molecule has 1 aliphatic heterocycles. The Balaban J connectivity index is 0.000000640. The fourth-order valence-electron chi connectivity index (χ4n) is 0.729. The molecule has 1 aliphatic rings. The van der Waals surface area contributed by atoms with Crippen LogP contribution in [0.2, 0.25) is 0 Å². The summed E-state index contributed by atoms with van der Waals surface area (Å²) >= 11 is 5.56. The van der Waals surface area contributed by atoms with E-state index in [0.29, 0.717) is 18.6 Å². The Morgan fingerprint density at radius 2 is 1.78 bits per heavy atom. The van der Waals surface area contributed by atoms with Gasteiger partial charge in [0.25, 0.3) is 0 Å². The zero-order valence-electron chi connectivity index (χ0n) is 5.06. The normalized spacial score (nSPS) is 21.2. The third-order valence-corrected chi connectivity index (χ3v) is 1.60. The van der Waals surface area contributed by atoms with Crippen molar-refractivity contribution in [2.45, 2.75) is 12.8 Å². The lowest BCUT2D eigenvalue weighted by atomic mass is 10.1. The molecule has 0 atom stereocenters. The molecule has 1 saturated heterocycles. The Labute approximate surface area is 59.0 Å². The molecule has 0 bridgehead atoms. The SMILES string of the molecule is O.O=C1CCN(Cl)CC1. The Bertz CT molecular complexity index is 97.1. The van der Waals surface area contributed by atoms with Gasteiger partial charge in [0, 0.05) is 25.9 Å². The predicted molar refractivity (Wildman–Crippen MR) is 35.3 cm³/mol. The Morgan fingerprint density at radius 3 is 2.11 bits per heavy atom. The average molecular weight is 152 g/mol. The van der Waals surface area contributed by atoms with Crippen molar-refractivity contribution in [1.82, 2.24) is 4.42 Å². The molecule has 1 heterocycles. The lowest BCUT2D eigenvalue weighted by molar-refractivity contribution is -0.120. The van der Waals surface area contributed by atoms with E-state index in [4.69, 9.17) is 11.8 Å². The molecule has 1 rings (SSSR count). The van der Waals surface area contributed by atoms with Crippen molar-refractivity contribution in [1.29, 1.82) is 0 Å². The molecule has 0 unspecified atom stereocenters. The van der Waals surface area contributed by atoms with Gasteiger partial charge in [-0.25, -0.2) is 4.42 Å². The van der Waals surface area contributed by atoms with E-state index in [1.165, 1.54) is 0 Å². The van der Waals surface area contributed by atoms with E-state index in [2.05, 4.69) is 0 Å². The minimum Gasteiger partial charge on any atom is -0.412 e. The first kappa shape index (κ1) is 8.88. The van der Waals surface area contributed by atoms with Crippen molar-refractivity contribution >= 4 is 17.6 Å². The second-order valence-corrected chi connectivity index (χ2v) is 2.43. The molecule has 0 radical (unpaired) electrons. The molecule has 3 nitrogen and oxygen atoms in total. The summed E-state index contributed by atoms with van der Waals surface area (Å²) in [4.78, 5) is 10.5. The van der Waals surface area contributed by atoms with Gasteiger partial charge in [-0.2, -0.15) is 0 Å². The van der Waals surface area contributed by atoms with Gasteiger partial charge in [-0.1, -0.05) is 0 Å². The molecule has 4 heteroatoms. The van der Waals surface area contributed by atoms with Crippen LogP contribution in [0, 0.1) is 0 Å². The second-order valence-electron chi connectivity index (χ2n) is 1.95. The number of rotatable bonds is 0. The van der Waals surface area contributed by atoms with Crippen molar-refractivity contribution in [2.75, 3.05) is 13.1 Å². The van der Waals surface area contributed by atoms with E-state index < -0.39 is 0 Å². The highest BCUT2D eigenvalue weighted by molar-refractivity contribution is 6.13. The van der Waals surface area contributed by atoms with Crippen LogP contribution in [0.5, 0.6) is 0 Å². The molecule has 0 aromatic carbocycles. The summed E-state index contributed by atoms with van der Waals surface area (Å²) in [5.41, 5.74) is 0. The Hall–Kier alpha value is -0.120. The number of ketones is 1. The van der Waals surface area contributed by atoms with Crippen LogP contribution in [0.25, 0.3) is 0 Å². The van der Waals surface area contributed by atoms with Crippen molar-refractivity contribution in [3.8, 4) is 0 Å². The van der Waals surface area contributed by atoms with E-state index in [1.54, 1.807) is 4.42 Å². The third kappa shape index (κ3) is 2.79. The Morgan fingerprint density at radius 1 is 1.33 bits per heavy atom. The van der Waals surface area contributed by atoms with E-state index in [1.807, 2.05) is 0 Å². The van der Waals surface area contributed by atoms with Crippen molar-refractivity contribution < 1.29 is 10.3 Å². The topological polar surface area (TPSA) is 51.8 Å². The zero-order valence-corrected chi connectivity index (χ0v) is 5.82. The second kappa shape index (κ2) is 3.82. The first-order valence-electron chi connectivity index (χ1n) is 2.71. The van der Waals surface area contributed by atoms with Gasteiger partial charge in [-0.3, -0.25) is 4.79 Å². The summed E-state index contributed by atoms with van der Waals surface area (Å²) in [6, 6.07) is 0. The predicted octanol–water partition coefficient (Wildman–Crippen LogP) is -0.0196. The summed E-state index contributed by atoms with van der Waals surface area (Å²) in [6.45, 7) is 1.45. The maximum atomic E-state index is 10.5.